The summed E-state index contributed by atoms with van der Waals surface area (Å²) in [6.07, 6.45) is 0.819. The summed E-state index contributed by atoms with van der Waals surface area (Å²) in [6.45, 7) is 1.35. The minimum Gasteiger partial charge on any atom is -0.496 e. The van der Waals surface area contributed by atoms with E-state index in [9.17, 15) is 9.59 Å². The van der Waals surface area contributed by atoms with Crippen molar-refractivity contribution in [2.75, 3.05) is 52.1 Å². The van der Waals surface area contributed by atoms with Crippen molar-refractivity contribution in [3.8, 4) is 17.2 Å². The van der Waals surface area contributed by atoms with E-state index in [-0.39, 0.29) is 11.8 Å². The number of para-hydroxylation sites is 2. The maximum atomic E-state index is 13.0. The average molecular weight is 478 g/mol. The number of hydrogen-bond acceptors (Lipinski definition) is 6. The van der Waals surface area contributed by atoms with Gasteiger partial charge in [-0.25, -0.2) is 0 Å². The molecule has 0 aliphatic heterocycles. The monoisotopic (exact) mass is 477 g/mol. The lowest BCUT2D eigenvalue weighted by Crippen LogP contribution is -2.17. The number of amides is 2. The van der Waals surface area contributed by atoms with Gasteiger partial charge in [0.2, 0.25) is 0 Å². The van der Waals surface area contributed by atoms with Crippen molar-refractivity contribution in [2.24, 2.45) is 0 Å². The summed E-state index contributed by atoms with van der Waals surface area (Å²) in [5.41, 5.74) is 1.72. The summed E-state index contributed by atoms with van der Waals surface area (Å²) >= 11 is 0. The molecule has 0 unspecified atom stereocenters. The Morgan fingerprint density at radius 3 is 1.91 bits per heavy atom. The Morgan fingerprint density at radius 2 is 1.34 bits per heavy atom. The van der Waals surface area contributed by atoms with E-state index in [2.05, 4.69) is 15.5 Å². The van der Waals surface area contributed by atoms with Crippen molar-refractivity contribution in [2.45, 2.75) is 6.42 Å². The van der Waals surface area contributed by atoms with E-state index in [0.717, 1.165) is 13.0 Å². The first kappa shape index (κ1) is 25.6. The molecule has 2 amide bonds. The third-order valence-corrected chi connectivity index (χ3v) is 5.20. The summed E-state index contributed by atoms with van der Waals surface area (Å²) in [5.74, 6) is 0.745. The molecular formula is C27H31N3O5. The number of anilines is 2. The number of nitrogens with zero attached hydrogens (tertiary/aromatic N) is 1. The lowest BCUT2D eigenvalue weighted by molar-refractivity contribution is 0.101. The van der Waals surface area contributed by atoms with Gasteiger partial charge in [0.25, 0.3) is 11.8 Å². The number of benzene rings is 3. The van der Waals surface area contributed by atoms with Crippen molar-refractivity contribution in [3.63, 3.8) is 0 Å². The molecule has 8 nitrogen and oxygen atoms in total. The van der Waals surface area contributed by atoms with Crippen molar-refractivity contribution in [1.29, 1.82) is 0 Å². The second-order valence-electron chi connectivity index (χ2n) is 8.03. The Balaban J connectivity index is 1.85. The fraction of sp³-hybridized carbons (Fsp3) is 0.259. The van der Waals surface area contributed by atoms with Gasteiger partial charge in [-0.1, -0.05) is 24.3 Å². The topological polar surface area (TPSA) is 89.1 Å². The van der Waals surface area contributed by atoms with Gasteiger partial charge in [-0.3, -0.25) is 9.59 Å². The van der Waals surface area contributed by atoms with Crippen LogP contribution in [0, 0.1) is 0 Å². The van der Waals surface area contributed by atoms with Crippen LogP contribution in [0.1, 0.15) is 27.1 Å². The third kappa shape index (κ3) is 6.97. The zero-order chi connectivity index (χ0) is 25.2. The first-order chi connectivity index (χ1) is 16.9. The average Bonchev–Trinajstić information content (AvgIpc) is 2.87. The van der Waals surface area contributed by atoms with Crippen molar-refractivity contribution in [1.82, 2.24) is 4.90 Å². The second kappa shape index (κ2) is 12.4. The summed E-state index contributed by atoms with van der Waals surface area (Å²) in [4.78, 5) is 28.0. The molecule has 0 aliphatic carbocycles. The van der Waals surface area contributed by atoms with Crippen molar-refractivity contribution < 1.29 is 23.8 Å². The van der Waals surface area contributed by atoms with Crippen molar-refractivity contribution >= 4 is 23.2 Å². The highest BCUT2D eigenvalue weighted by Gasteiger charge is 2.17. The first-order valence-corrected chi connectivity index (χ1v) is 11.2. The molecule has 8 heteroatoms. The molecule has 35 heavy (non-hydrogen) atoms. The molecule has 3 rings (SSSR count). The molecule has 0 fully saturated rings. The van der Waals surface area contributed by atoms with Gasteiger partial charge in [0.1, 0.15) is 17.2 Å². The number of methoxy groups -OCH3 is 2. The summed E-state index contributed by atoms with van der Waals surface area (Å²) in [6, 6.07) is 19.0. The number of rotatable bonds is 11. The highest BCUT2D eigenvalue weighted by molar-refractivity contribution is 6.08. The molecule has 0 radical (unpaired) electrons. The van der Waals surface area contributed by atoms with Gasteiger partial charge >= 0.3 is 0 Å². The lowest BCUT2D eigenvalue weighted by atomic mass is 10.1. The molecule has 0 saturated carbocycles. The maximum absolute atomic E-state index is 13.0. The fourth-order valence-electron chi connectivity index (χ4n) is 3.45. The molecule has 184 valence electrons. The van der Waals surface area contributed by atoms with E-state index in [1.54, 1.807) is 66.7 Å². The van der Waals surface area contributed by atoms with Crippen LogP contribution in [0.25, 0.3) is 0 Å². The van der Waals surface area contributed by atoms with Gasteiger partial charge in [0, 0.05) is 12.2 Å². The van der Waals surface area contributed by atoms with Crippen LogP contribution in [0.2, 0.25) is 0 Å². The Hall–Kier alpha value is -4.04. The van der Waals surface area contributed by atoms with Crippen LogP contribution in [0.5, 0.6) is 17.2 Å². The summed E-state index contributed by atoms with van der Waals surface area (Å²) in [5, 5.41) is 5.76. The van der Waals surface area contributed by atoms with Gasteiger partial charge in [-0.2, -0.15) is 0 Å². The van der Waals surface area contributed by atoms with E-state index in [4.69, 9.17) is 14.2 Å². The van der Waals surface area contributed by atoms with Gasteiger partial charge in [-0.15, -0.1) is 0 Å². The molecule has 0 bridgehead atoms. The van der Waals surface area contributed by atoms with Crippen LogP contribution in [-0.2, 0) is 0 Å². The molecule has 2 N–H and O–H groups in total. The van der Waals surface area contributed by atoms with Gasteiger partial charge < -0.3 is 29.7 Å². The Morgan fingerprint density at radius 1 is 0.771 bits per heavy atom. The van der Waals surface area contributed by atoms with Gasteiger partial charge in [-0.05, 0) is 63.0 Å². The number of nitrogens with one attached hydrogen (secondary N) is 2. The molecule has 0 saturated heterocycles. The fourth-order valence-corrected chi connectivity index (χ4v) is 3.45. The van der Waals surface area contributed by atoms with Crippen LogP contribution in [0.4, 0.5) is 11.4 Å². The molecule has 3 aromatic carbocycles. The van der Waals surface area contributed by atoms with E-state index >= 15 is 0 Å². The van der Waals surface area contributed by atoms with E-state index in [0.29, 0.717) is 46.4 Å². The van der Waals surface area contributed by atoms with Gasteiger partial charge in [0.05, 0.1) is 37.6 Å². The zero-order valence-electron chi connectivity index (χ0n) is 20.5. The second-order valence-corrected chi connectivity index (χ2v) is 8.03. The molecule has 0 atom stereocenters. The largest absolute Gasteiger partial charge is 0.496 e. The van der Waals surface area contributed by atoms with Gasteiger partial charge in [0.15, 0.2) is 0 Å². The molecule has 0 spiro atoms. The van der Waals surface area contributed by atoms with Crippen LogP contribution >= 0.6 is 0 Å². The number of hydrogen-bond donors (Lipinski definition) is 2. The molecule has 3 aromatic rings. The Labute approximate surface area is 205 Å². The van der Waals surface area contributed by atoms with Crippen LogP contribution in [0.3, 0.4) is 0 Å². The maximum Gasteiger partial charge on any atom is 0.259 e. The summed E-state index contributed by atoms with van der Waals surface area (Å²) < 4.78 is 16.6. The minimum absolute atomic E-state index is 0.330. The summed E-state index contributed by atoms with van der Waals surface area (Å²) in [7, 11) is 7.02. The first-order valence-electron chi connectivity index (χ1n) is 11.2. The smallest absolute Gasteiger partial charge is 0.259 e. The quantitative estimate of drug-likeness (QED) is 0.394. The number of ether oxygens (including phenoxy) is 3. The normalized spacial score (nSPS) is 10.5. The Kier molecular flexibility index (Phi) is 9.09. The molecule has 0 heterocycles. The van der Waals surface area contributed by atoms with E-state index in [1.165, 1.54) is 14.2 Å². The predicted molar refractivity (Wildman–Crippen MR) is 137 cm³/mol. The highest BCUT2D eigenvalue weighted by Crippen LogP contribution is 2.30. The SMILES string of the molecule is COc1ccccc1C(=O)Nc1ccc(OCCCN(C)C)c(NC(=O)c2ccccc2OC)c1. The zero-order valence-corrected chi connectivity index (χ0v) is 20.5. The van der Waals surface area contributed by atoms with Crippen LogP contribution < -0.4 is 24.8 Å². The predicted octanol–water partition coefficient (Wildman–Crippen LogP) is 4.54. The minimum atomic E-state index is -0.353. The molecule has 0 aromatic heterocycles. The lowest BCUT2D eigenvalue weighted by Gasteiger charge is -2.16. The highest BCUT2D eigenvalue weighted by atomic mass is 16.5. The van der Waals surface area contributed by atoms with E-state index < -0.39 is 0 Å². The number of carbonyl (C=O) groups is 2. The standard InChI is InChI=1S/C27H31N3O5/c1-30(2)16-9-17-35-25-15-14-19(28-26(31)20-10-5-7-12-23(20)33-3)18-22(25)29-27(32)21-11-6-8-13-24(21)34-4/h5-8,10-15,18H,9,16-17H2,1-4H3,(H,28,31)(H,29,32). The van der Waals surface area contributed by atoms with Crippen molar-refractivity contribution in [3.05, 3.63) is 77.9 Å². The van der Waals surface area contributed by atoms with Crippen LogP contribution in [0.15, 0.2) is 66.7 Å². The molecule has 0 aliphatic rings. The Bertz CT molecular complexity index is 1160. The molecular weight excluding hydrogens is 446 g/mol. The third-order valence-electron chi connectivity index (χ3n) is 5.20. The van der Waals surface area contributed by atoms with Crippen LogP contribution in [-0.4, -0.2) is 58.2 Å². The van der Waals surface area contributed by atoms with E-state index in [1.807, 2.05) is 14.1 Å². The number of carbonyl (C=O) groups excluding carboxylic acids is 2.